The molecule has 1 N–H and O–H groups in total. The van der Waals surface area contributed by atoms with Gasteiger partial charge in [0.25, 0.3) is 0 Å². The van der Waals surface area contributed by atoms with Crippen molar-refractivity contribution in [1.82, 2.24) is 5.32 Å². The highest BCUT2D eigenvalue weighted by Crippen LogP contribution is 2.38. The van der Waals surface area contributed by atoms with Gasteiger partial charge < -0.3 is 10.1 Å². The van der Waals surface area contributed by atoms with E-state index in [2.05, 4.69) is 35.6 Å². The smallest absolute Gasteiger partial charge is 0.193 e. The molecule has 1 saturated heterocycles. The van der Waals surface area contributed by atoms with E-state index in [1.807, 2.05) is 48.5 Å². The fourth-order valence-electron chi connectivity index (χ4n) is 4.89. The van der Waals surface area contributed by atoms with Gasteiger partial charge in [0.1, 0.15) is 5.75 Å². The maximum atomic E-state index is 13.7. The number of rotatable bonds is 7. The minimum absolute atomic E-state index is 0.0812. The van der Waals surface area contributed by atoms with Crippen molar-refractivity contribution in [3.05, 3.63) is 101 Å². The molecule has 2 aliphatic rings. The summed E-state index contributed by atoms with van der Waals surface area (Å²) in [6, 6.07) is 26.8. The Hall–Kier alpha value is -3.17. The number of nitrogens with one attached hydrogen (secondary N) is 1. The second-order valence-corrected chi connectivity index (χ2v) is 8.66. The molecule has 162 valence electrons. The molecule has 1 aliphatic carbocycles. The molecule has 3 aromatic rings. The van der Waals surface area contributed by atoms with Crippen LogP contribution in [0.5, 0.6) is 5.75 Å². The van der Waals surface area contributed by atoms with Crippen molar-refractivity contribution in [3.8, 4) is 5.75 Å². The van der Waals surface area contributed by atoms with Crippen LogP contribution in [0.2, 0.25) is 0 Å². The van der Waals surface area contributed by atoms with Gasteiger partial charge in [0.15, 0.2) is 5.78 Å². The number of hydrogen-bond donors (Lipinski definition) is 1. The topological polar surface area (TPSA) is 38.3 Å². The molecule has 1 unspecified atom stereocenters. The predicted octanol–water partition coefficient (Wildman–Crippen LogP) is 5.95. The van der Waals surface area contributed by atoms with Gasteiger partial charge in [-0.2, -0.15) is 0 Å². The van der Waals surface area contributed by atoms with Crippen molar-refractivity contribution in [2.75, 3.05) is 13.2 Å². The second-order valence-electron chi connectivity index (χ2n) is 8.66. The summed E-state index contributed by atoms with van der Waals surface area (Å²) >= 11 is 0. The Morgan fingerprint density at radius 3 is 2.47 bits per heavy atom. The first kappa shape index (κ1) is 20.7. The average molecular weight is 424 g/mol. The molecule has 0 amide bonds. The minimum atomic E-state index is 0.0812. The molecule has 3 nitrogen and oxygen atoms in total. The Kier molecular flexibility index (Phi) is 6.17. The Morgan fingerprint density at radius 1 is 0.906 bits per heavy atom. The zero-order chi connectivity index (χ0) is 21.8. The average Bonchev–Trinajstić information content (AvgIpc) is 3.37. The van der Waals surface area contributed by atoms with Crippen LogP contribution in [0.3, 0.4) is 0 Å². The Labute approximate surface area is 190 Å². The summed E-state index contributed by atoms with van der Waals surface area (Å²) in [7, 11) is 0. The Bertz CT molecular complexity index is 1110. The molecule has 0 aromatic heterocycles. The van der Waals surface area contributed by atoms with Crippen molar-refractivity contribution >= 4 is 16.9 Å². The summed E-state index contributed by atoms with van der Waals surface area (Å²) in [5.74, 6) is 0.901. The molecule has 0 bridgehead atoms. The Balaban J connectivity index is 1.40. The molecule has 0 spiro atoms. The first-order valence-electron chi connectivity index (χ1n) is 11.7. The lowest BCUT2D eigenvalue weighted by Crippen LogP contribution is -2.23. The van der Waals surface area contributed by atoms with E-state index in [4.69, 9.17) is 4.74 Å². The fraction of sp³-hybridized carbons (Fsp3) is 0.276. The van der Waals surface area contributed by atoms with E-state index >= 15 is 0 Å². The molecule has 3 heteroatoms. The standard InChI is InChI=1S/C29H29NO2/c31-29(23-12-15-25(16-13-23)32-20-18-24-10-6-19-30-24)28-26-11-5-4-9-22(26)14-17-27(28)21-7-2-1-3-8-21/h1-5,7-9,11-13,15-16,24,30H,6,10,14,17-20H2. The van der Waals surface area contributed by atoms with E-state index in [-0.39, 0.29) is 5.78 Å². The molecule has 1 fully saturated rings. The number of ether oxygens (including phenoxy) is 1. The number of carbonyl (C=O) groups excluding carboxylic acids is 1. The van der Waals surface area contributed by atoms with Crippen molar-refractivity contribution in [2.24, 2.45) is 0 Å². The number of fused-ring (bicyclic) bond motifs is 1. The number of benzene rings is 3. The monoisotopic (exact) mass is 423 g/mol. The maximum absolute atomic E-state index is 13.7. The van der Waals surface area contributed by atoms with Crippen molar-refractivity contribution in [2.45, 2.75) is 38.1 Å². The third kappa shape index (κ3) is 4.39. The quantitative estimate of drug-likeness (QED) is 0.478. The molecule has 3 aromatic carbocycles. The SMILES string of the molecule is O=C(C1=C(c2ccccc2)CCc2ccccc21)c1ccc(OCCC2CCCN2)cc1. The number of ketones is 1. The van der Waals surface area contributed by atoms with Crippen LogP contribution in [0.15, 0.2) is 78.9 Å². The van der Waals surface area contributed by atoms with Crippen molar-refractivity contribution in [1.29, 1.82) is 0 Å². The number of hydrogen-bond acceptors (Lipinski definition) is 3. The van der Waals surface area contributed by atoms with Gasteiger partial charge in [0.2, 0.25) is 0 Å². The van der Waals surface area contributed by atoms with Gasteiger partial charge >= 0.3 is 0 Å². The molecule has 1 atom stereocenters. The van der Waals surface area contributed by atoms with Gasteiger partial charge in [0.05, 0.1) is 6.61 Å². The fourth-order valence-corrected chi connectivity index (χ4v) is 4.89. The van der Waals surface area contributed by atoms with Crippen LogP contribution >= 0.6 is 0 Å². The molecule has 1 heterocycles. The highest BCUT2D eigenvalue weighted by molar-refractivity contribution is 6.35. The number of Topliss-reactive ketones (excluding diaryl/α,β-unsaturated/α-hetero) is 1. The van der Waals surface area contributed by atoms with Crippen LogP contribution < -0.4 is 10.1 Å². The summed E-state index contributed by atoms with van der Waals surface area (Å²) in [4.78, 5) is 13.7. The van der Waals surface area contributed by atoms with Gasteiger partial charge in [-0.3, -0.25) is 4.79 Å². The van der Waals surface area contributed by atoms with Crippen LogP contribution in [0.1, 0.15) is 52.7 Å². The molecule has 5 rings (SSSR count). The highest BCUT2D eigenvalue weighted by Gasteiger charge is 2.25. The lowest BCUT2D eigenvalue weighted by atomic mass is 9.80. The summed E-state index contributed by atoms with van der Waals surface area (Å²) < 4.78 is 5.93. The molecule has 0 radical (unpaired) electrons. The third-order valence-electron chi connectivity index (χ3n) is 6.60. The zero-order valence-corrected chi connectivity index (χ0v) is 18.3. The molecular weight excluding hydrogens is 394 g/mol. The Morgan fingerprint density at radius 2 is 1.69 bits per heavy atom. The predicted molar refractivity (Wildman–Crippen MR) is 130 cm³/mol. The lowest BCUT2D eigenvalue weighted by molar-refractivity contribution is 0.105. The molecular formula is C29H29NO2. The molecule has 32 heavy (non-hydrogen) atoms. The van der Waals surface area contributed by atoms with Crippen LogP contribution in [0.25, 0.3) is 11.1 Å². The maximum Gasteiger partial charge on any atom is 0.193 e. The summed E-state index contributed by atoms with van der Waals surface area (Å²) in [6.45, 7) is 1.81. The van der Waals surface area contributed by atoms with Gasteiger partial charge in [-0.1, -0.05) is 54.6 Å². The third-order valence-corrected chi connectivity index (χ3v) is 6.60. The van der Waals surface area contributed by atoms with Gasteiger partial charge in [-0.05, 0) is 85.2 Å². The number of carbonyl (C=O) groups is 1. The van der Waals surface area contributed by atoms with E-state index in [1.165, 1.54) is 18.4 Å². The first-order valence-corrected chi connectivity index (χ1v) is 11.7. The van der Waals surface area contributed by atoms with Crippen LogP contribution in [-0.4, -0.2) is 25.0 Å². The van der Waals surface area contributed by atoms with E-state index in [0.717, 1.165) is 53.8 Å². The van der Waals surface area contributed by atoms with E-state index in [9.17, 15) is 4.79 Å². The summed E-state index contributed by atoms with van der Waals surface area (Å²) in [5, 5.41) is 3.50. The molecule has 0 saturated carbocycles. The zero-order valence-electron chi connectivity index (χ0n) is 18.3. The van der Waals surface area contributed by atoms with Crippen molar-refractivity contribution in [3.63, 3.8) is 0 Å². The van der Waals surface area contributed by atoms with Gasteiger partial charge in [-0.15, -0.1) is 0 Å². The highest BCUT2D eigenvalue weighted by atomic mass is 16.5. The number of aryl methyl sites for hydroxylation is 1. The first-order chi connectivity index (χ1) is 15.8. The van der Waals surface area contributed by atoms with Crippen LogP contribution in [0.4, 0.5) is 0 Å². The van der Waals surface area contributed by atoms with Crippen LogP contribution in [-0.2, 0) is 6.42 Å². The minimum Gasteiger partial charge on any atom is -0.494 e. The van der Waals surface area contributed by atoms with Gasteiger partial charge in [-0.25, -0.2) is 0 Å². The van der Waals surface area contributed by atoms with E-state index in [0.29, 0.717) is 18.2 Å². The lowest BCUT2D eigenvalue weighted by Gasteiger charge is -2.23. The summed E-state index contributed by atoms with van der Waals surface area (Å²) in [6.07, 6.45) is 5.34. The van der Waals surface area contributed by atoms with E-state index in [1.54, 1.807) is 0 Å². The molecule has 1 aliphatic heterocycles. The van der Waals surface area contributed by atoms with Gasteiger partial charge in [0, 0.05) is 17.2 Å². The second kappa shape index (κ2) is 9.54. The normalized spacial score (nSPS) is 17.8. The van der Waals surface area contributed by atoms with Crippen molar-refractivity contribution < 1.29 is 9.53 Å². The number of allylic oxidation sites excluding steroid dienone is 2. The van der Waals surface area contributed by atoms with E-state index < -0.39 is 0 Å². The summed E-state index contributed by atoms with van der Waals surface area (Å²) in [5.41, 5.74) is 6.11. The largest absolute Gasteiger partial charge is 0.494 e. The van der Waals surface area contributed by atoms with Crippen LogP contribution in [0, 0.1) is 0 Å².